The Morgan fingerprint density at radius 1 is 0.427 bits per heavy atom. The second kappa shape index (κ2) is 23.0. The van der Waals surface area contributed by atoms with E-state index >= 15 is 19.2 Å². The van der Waals surface area contributed by atoms with E-state index < -0.39 is 69.9 Å². The van der Waals surface area contributed by atoms with Crippen LogP contribution in [0.3, 0.4) is 0 Å². The van der Waals surface area contributed by atoms with Crippen molar-refractivity contribution in [1.82, 2.24) is 0 Å². The molecule has 8 aliphatic carbocycles. The fraction of sp³-hybridized carbons (Fsp3) is 0.361. The van der Waals surface area contributed by atoms with Gasteiger partial charge in [0, 0.05) is 49.9 Å². The summed E-state index contributed by atoms with van der Waals surface area (Å²) in [6, 6.07) is 37.3. The molecule has 8 unspecified atom stereocenters. The van der Waals surface area contributed by atoms with Crippen LogP contribution in [-0.4, -0.2) is 58.4 Å². The molecule has 0 aliphatic heterocycles. The molecular weight excluding hydrogens is 1180 g/mol. The predicted molar refractivity (Wildman–Crippen MR) is 336 cm³/mol. The zero-order valence-electron chi connectivity index (χ0n) is 48.7. The predicted octanol–water partition coefficient (Wildman–Crippen LogP) is 13.3. The van der Waals surface area contributed by atoms with Crippen molar-refractivity contribution in [2.45, 2.75) is 114 Å². The Balaban J connectivity index is 0.940. The summed E-state index contributed by atoms with van der Waals surface area (Å²) < 4.78 is 26.5. The van der Waals surface area contributed by atoms with E-state index in [1.54, 1.807) is 103 Å². The third-order valence-corrected chi connectivity index (χ3v) is 24.0. The number of aliphatic imine (C=N–C) groups is 2. The molecule has 0 amide bonds. The molecule has 450 valence electrons. The third kappa shape index (κ3) is 9.50. The molecule has 7 aromatic rings. The number of nitrogens with zero attached hydrogens (tertiary/aromatic N) is 2. The lowest BCUT2D eigenvalue weighted by molar-refractivity contribution is -0.167. The smallest absolute Gasteiger partial charge is 0.334 e. The minimum Gasteiger partial charge on any atom is -0.459 e. The standard InChI is InChI=1S/C72H62N2O12S3/c75-60-47-29-43-25-13-14-26-44(43)30-48(47)61(76)58(60)73-53-33-51-55(71(53,67(79)83-35-39-17-5-1-6-18-39)68(80)84-36-40-19-7-2-8-20-40)56-65(87-51)66-57(72(56,69(81)85-37-41-21-9-3-10-22-41)70(82)86-38-42-23-11-4-12-24-42)64-52(88-66)34-54(89-64)74-59-62(77)49-31-45-27-15-16-28-46(45)32-50(49)63(59)78/h1-12,17-24,33-34,43-50H,13-16,25-32,35-38H2. The van der Waals surface area contributed by atoms with Crippen molar-refractivity contribution in [3.05, 3.63) is 177 Å². The number of esters is 4. The van der Waals surface area contributed by atoms with Crippen molar-refractivity contribution >= 4 is 113 Å². The minimum atomic E-state index is -2.82. The molecule has 0 bridgehead atoms. The van der Waals surface area contributed by atoms with Crippen molar-refractivity contribution < 1.29 is 57.3 Å². The van der Waals surface area contributed by atoms with E-state index in [2.05, 4.69) is 0 Å². The number of hydrogen-bond donors (Lipinski definition) is 0. The highest BCUT2D eigenvalue weighted by molar-refractivity contribution is 7.33. The number of hydrogen-bond acceptors (Lipinski definition) is 17. The van der Waals surface area contributed by atoms with E-state index in [-0.39, 0.29) is 88.5 Å². The zero-order chi connectivity index (χ0) is 60.7. The first-order chi connectivity index (χ1) is 43.4. The molecule has 3 aromatic heterocycles. The quantitative estimate of drug-likeness (QED) is 0.0568. The van der Waals surface area contributed by atoms with Gasteiger partial charge in [0.1, 0.15) is 37.1 Å². The van der Waals surface area contributed by atoms with Gasteiger partial charge in [0.05, 0.1) is 20.2 Å². The topological polar surface area (TPSA) is 198 Å². The SMILES string of the molecule is O=C1C(=NC2=Cc3sc4c(c3C2(C(=O)OCc2ccccc2)C(=O)OCc2ccccc2)C(C(=O)OCc2ccccc2)(C(=O)OCc2ccccc2)c2c-4sc3cc(N=C4C(=O)C5CC6CCCCC6CC5C4=O)sc23)C(=O)C2CC3CCCCC3CC12. The maximum absolute atomic E-state index is 16.5. The summed E-state index contributed by atoms with van der Waals surface area (Å²) in [5.74, 6) is -6.80. The number of Topliss-reactive ketones (excluding diaryl/α,β-unsaturated/α-hetero) is 4. The third-order valence-electron chi connectivity index (χ3n) is 20.4. The molecule has 8 atom stereocenters. The van der Waals surface area contributed by atoms with Gasteiger partial charge in [-0.1, -0.05) is 173 Å². The lowest BCUT2D eigenvalue weighted by atomic mass is 9.64. The van der Waals surface area contributed by atoms with Crippen LogP contribution in [0, 0.1) is 47.3 Å². The van der Waals surface area contributed by atoms with Crippen LogP contribution in [-0.2, 0) is 94.6 Å². The van der Waals surface area contributed by atoms with Gasteiger partial charge in [-0.05, 0) is 83.8 Å². The molecular formula is C72H62N2O12S3. The van der Waals surface area contributed by atoms with Gasteiger partial charge in [0.25, 0.3) is 0 Å². The molecule has 15 rings (SSSR count). The van der Waals surface area contributed by atoms with Crippen LogP contribution in [0.1, 0.15) is 121 Å². The van der Waals surface area contributed by atoms with E-state index in [9.17, 15) is 19.2 Å². The lowest BCUT2D eigenvalue weighted by Crippen LogP contribution is -2.51. The molecule has 6 fully saturated rings. The number of fused-ring (bicyclic) bond motifs is 11. The molecule has 89 heavy (non-hydrogen) atoms. The van der Waals surface area contributed by atoms with Gasteiger partial charge in [-0.3, -0.25) is 38.4 Å². The van der Waals surface area contributed by atoms with Gasteiger partial charge in [-0.15, -0.1) is 34.0 Å². The molecule has 0 N–H and O–H groups in total. The van der Waals surface area contributed by atoms with Crippen LogP contribution >= 0.6 is 34.0 Å². The number of thiophene rings is 3. The number of ketones is 4. The number of ether oxygens (including phenoxy) is 4. The van der Waals surface area contributed by atoms with Crippen molar-refractivity contribution in [2.75, 3.05) is 0 Å². The average molecular weight is 1240 g/mol. The molecule has 0 saturated heterocycles. The van der Waals surface area contributed by atoms with Crippen LogP contribution in [0.4, 0.5) is 5.00 Å². The molecule has 8 aliphatic rings. The van der Waals surface area contributed by atoms with Crippen LogP contribution in [0.25, 0.3) is 25.2 Å². The first kappa shape index (κ1) is 57.3. The summed E-state index contributed by atoms with van der Waals surface area (Å²) in [5.41, 5.74) is -4.10. The first-order valence-corrected chi connectivity index (χ1v) is 33.5. The monoisotopic (exact) mass is 1240 g/mol. The Morgan fingerprint density at radius 2 is 0.787 bits per heavy atom. The van der Waals surface area contributed by atoms with Crippen LogP contribution in [0.15, 0.2) is 143 Å². The van der Waals surface area contributed by atoms with E-state index in [0.29, 0.717) is 83.9 Å². The molecule has 17 heteroatoms. The van der Waals surface area contributed by atoms with Gasteiger partial charge < -0.3 is 18.9 Å². The fourth-order valence-corrected chi connectivity index (χ4v) is 20.2. The number of carbonyl (C=O) groups is 8. The number of rotatable bonds is 14. The Bertz CT molecular complexity index is 4000. The maximum atomic E-state index is 16.5. The lowest BCUT2D eigenvalue weighted by Gasteiger charge is -2.39. The van der Waals surface area contributed by atoms with Crippen LogP contribution < -0.4 is 0 Å². The second-order valence-electron chi connectivity index (χ2n) is 25.3. The first-order valence-electron chi connectivity index (χ1n) is 31.1. The highest BCUT2D eigenvalue weighted by Gasteiger charge is 2.69. The summed E-state index contributed by atoms with van der Waals surface area (Å²) >= 11 is 3.45. The van der Waals surface area contributed by atoms with Crippen molar-refractivity contribution in [2.24, 2.45) is 57.3 Å². The van der Waals surface area contributed by atoms with E-state index in [0.717, 1.165) is 74.0 Å². The molecule has 6 saturated carbocycles. The Morgan fingerprint density at radius 3 is 1.18 bits per heavy atom. The Labute approximate surface area is 525 Å². The fourth-order valence-electron chi connectivity index (χ4n) is 16.1. The average Bonchev–Trinajstić information content (AvgIpc) is 1.49. The Kier molecular flexibility index (Phi) is 14.8. The van der Waals surface area contributed by atoms with E-state index in [1.807, 2.05) is 24.3 Å². The minimum absolute atomic E-state index is 0.0956. The second-order valence-corrected chi connectivity index (χ2v) is 28.4. The van der Waals surface area contributed by atoms with Crippen LogP contribution in [0.2, 0.25) is 0 Å². The molecule has 0 radical (unpaired) electrons. The summed E-state index contributed by atoms with van der Waals surface area (Å²) in [6.45, 7) is -1.33. The van der Waals surface area contributed by atoms with Crippen molar-refractivity contribution in [1.29, 1.82) is 0 Å². The van der Waals surface area contributed by atoms with Gasteiger partial charge in [-0.2, -0.15) is 0 Å². The zero-order valence-corrected chi connectivity index (χ0v) is 51.1. The van der Waals surface area contributed by atoms with Crippen molar-refractivity contribution in [3.8, 4) is 9.75 Å². The number of benzene rings is 4. The summed E-state index contributed by atoms with van der Waals surface area (Å²) in [7, 11) is 0. The molecule has 14 nitrogen and oxygen atoms in total. The largest absolute Gasteiger partial charge is 0.459 e. The molecule has 0 spiro atoms. The summed E-state index contributed by atoms with van der Waals surface area (Å²) in [4.78, 5) is 135. The Hall–Kier alpha value is -8.12. The van der Waals surface area contributed by atoms with Crippen molar-refractivity contribution in [3.63, 3.8) is 0 Å². The van der Waals surface area contributed by atoms with Gasteiger partial charge in [-0.25, -0.2) is 9.98 Å². The van der Waals surface area contributed by atoms with E-state index in [4.69, 9.17) is 28.9 Å². The van der Waals surface area contributed by atoms with E-state index in [1.165, 1.54) is 17.4 Å². The highest BCUT2D eigenvalue weighted by Crippen LogP contribution is 2.67. The summed E-state index contributed by atoms with van der Waals surface area (Å²) in [6.07, 6.45) is 12.2. The molecule has 3 heterocycles. The summed E-state index contributed by atoms with van der Waals surface area (Å²) in [5, 5.41) is 0.306. The normalized spacial score (nSPS) is 25.0. The highest BCUT2D eigenvalue weighted by atomic mass is 32.1. The number of carbonyl (C=O) groups excluding carboxylic acids is 8. The maximum Gasteiger partial charge on any atom is 0.334 e. The molecule has 4 aromatic carbocycles. The van der Waals surface area contributed by atoms with Gasteiger partial charge >= 0.3 is 23.9 Å². The van der Waals surface area contributed by atoms with Crippen LogP contribution in [0.5, 0.6) is 0 Å². The van der Waals surface area contributed by atoms with Gasteiger partial charge in [0.15, 0.2) is 28.8 Å². The van der Waals surface area contributed by atoms with Gasteiger partial charge in [0.2, 0.25) is 10.8 Å².